The highest BCUT2D eigenvalue weighted by Gasteiger charge is 2.31. The molecule has 0 saturated carbocycles. The molecule has 24 heavy (non-hydrogen) atoms. The summed E-state index contributed by atoms with van der Waals surface area (Å²) in [4.78, 5) is 31.2. The van der Waals surface area contributed by atoms with Crippen LogP contribution in [0.3, 0.4) is 0 Å². The summed E-state index contributed by atoms with van der Waals surface area (Å²) < 4.78 is 1.54. The Morgan fingerprint density at radius 1 is 0.875 bits per heavy atom. The number of rotatable bonds is 2. The van der Waals surface area contributed by atoms with Gasteiger partial charge in [-0.1, -0.05) is 36.4 Å². The van der Waals surface area contributed by atoms with E-state index >= 15 is 0 Å². The van der Waals surface area contributed by atoms with E-state index in [2.05, 4.69) is 4.98 Å². The Bertz CT molecular complexity index is 993. The van der Waals surface area contributed by atoms with Gasteiger partial charge in [-0.2, -0.15) is 0 Å². The van der Waals surface area contributed by atoms with Crippen LogP contribution in [-0.4, -0.2) is 23.3 Å². The second kappa shape index (κ2) is 5.42. The fraction of sp³-hybridized carbons (Fsp3) is 0.111. The first-order valence-corrected chi connectivity index (χ1v) is 7.65. The average molecular weight is 320 g/mol. The Balaban J connectivity index is 2.00. The highest BCUT2D eigenvalue weighted by atomic mass is 16.2. The first-order valence-electron chi connectivity index (χ1n) is 7.65. The molecule has 0 fully saturated rings. The molecule has 4 rings (SSSR count). The van der Waals surface area contributed by atoms with Gasteiger partial charge in [-0.3, -0.25) is 9.78 Å². The average Bonchev–Trinajstić information content (AvgIpc) is 2.95. The first kappa shape index (κ1) is 14.3. The molecule has 6 heteroatoms. The Labute approximate surface area is 138 Å². The van der Waals surface area contributed by atoms with E-state index in [0.29, 0.717) is 18.2 Å². The number of aromatic nitrogens is 2. The Morgan fingerprint density at radius 3 is 2.08 bits per heavy atom. The maximum Gasteiger partial charge on any atom is 0.334 e. The van der Waals surface area contributed by atoms with Crippen LogP contribution in [0.1, 0.15) is 0 Å². The van der Waals surface area contributed by atoms with Crippen LogP contribution >= 0.6 is 0 Å². The van der Waals surface area contributed by atoms with Gasteiger partial charge >= 0.3 is 5.69 Å². The zero-order valence-electron chi connectivity index (χ0n) is 13.1. The smallest absolute Gasteiger partial charge is 0.334 e. The fourth-order valence-corrected chi connectivity index (χ4v) is 3.10. The predicted octanol–water partition coefficient (Wildman–Crippen LogP) is 2.07. The van der Waals surface area contributed by atoms with Crippen molar-refractivity contribution in [2.24, 2.45) is 0 Å². The summed E-state index contributed by atoms with van der Waals surface area (Å²) in [6, 6.07) is 19.0. The van der Waals surface area contributed by atoms with Gasteiger partial charge in [0, 0.05) is 12.7 Å². The third-order valence-electron chi connectivity index (χ3n) is 4.13. The second-order valence-corrected chi connectivity index (χ2v) is 5.71. The van der Waals surface area contributed by atoms with Crippen molar-refractivity contribution in [1.82, 2.24) is 9.55 Å². The van der Waals surface area contributed by atoms with E-state index in [1.165, 1.54) is 0 Å². The van der Waals surface area contributed by atoms with Gasteiger partial charge < -0.3 is 9.80 Å². The monoisotopic (exact) mass is 320 g/mol. The molecule has 0 bridgehead atoms. The third kappa shape index (κ3) is 2.11. The lowest BCUT2D eigenvalue weighted by Crippen LogP contribution is -2.32. The minimum Gasteiger partial charge on any atom is -0.341 e. The Hall–Kier alpha value is -3.28. The molecule has 1 aliphatic rings. The molecule has 0 aliphatic carbocycles. The van der Waals surface area contributed by atoms with E-state index in [4.69, 9.17) is 0 Å². The molecule has 0 radical (unpaired) electrons. The Kier molecular flexibility index (Phi) is 3.23. The summed E-state index contributed by atoms with van der Waals surface area (Å²) in [5, 5.41) is 0. The number of para-hydroxylation sites is 2. The summed E-state index contributed by atoms with van der Waals surface area (Å²) in [5.74, 6) is 0.596. The minimum atomic E-state index is -0.438. The van der Waals surface area contributed by atoms with Gasteiger partial charge in [0.25, 0.3) is 5.56 Å². The zero-order chi connectivity index (χ0) is 16.7. The molecule has 0 spiro atoms. The number of benzene rings is 2. The van der Waals surface area contributed by atoms with E-state index in [1.54, 1.807) is 4.57 Å². The molecule has 2 aromatic carbocycles. The van der Waals surface area contributed by atoms with Crippen LogP contribution in [0.25, 0.3) is 5.69 Å². The summed E-state index contributed by atoms with van der Waals surface area (Å²) in [7, 11) is 1.88. The molecule has 1 N–H and O–H groups in total. The molecule has 2 heterocycles. The lowest BCUT2D eigenvalue weighted by atomic mass is 10.3. The molecule has 1 aromatic heterocycles. The molecular formula is C18H16N4O2. The zero-order valence-corrected chi connectivity index (χ0v) is 13.1. The lowest BCUT2D eigenvalue weighted by molar-refractivity contribution is 0.869. The standard InChI is InChI=1S/C18H16N4O2/c1-20-12-21(13-8-4-2-5-9-13)15-16(23)19-18(24)22(17(15)20)14-10-6-3-7-11-14/h2-11H,12H2,1H3,(H,19,23,24). The summed E-state index contributed by atoms with van der Waals surface area (Å²) >= 11 is 0. The van der Waals surface area contributed by atoms with Crippen LogP contribution in [0.15, 0.2) is 70.3 Å². The van der Waals surface area contributed by atoms with Crippen LogP contribution < -0.4 is 21.0 Å². The SMILES string of the molecule is CN1CN(c2ccccc2)c2c1n(-c1ccccc1)c(=O)[nH]c2=O. The number of nitrogens with one attached hydrogen (secondary N) is 1. The van der Waals surface area contributed by atoms with Gasteiger partial charge in [-0.15, -0.1) is 0 Å². The van der Waals surface area contributed by atoms with E-state index < -0.39 is 5.69 Å². The fourth-order valence-electron chi connectivity index (χ4n) is 3.10. The minimum absolute atomic E-state index is 0.379. The maximum atomic E-state index is 12.5. The second-order valence-electron chi connectivity index (χ2n) is 5.71. The van der Waals surface area contributed by atoms with Gasteiger partial charge in [0.2, 0.25) is 0 Å². The van der Waals surface area contributed by atoms with Crippen LogP contribution in [-0.2, 0) is 0 Å². The number of hydrogen-bond acceptors (Lipinski definition) is 4. The molecule has 0 unspecified atom stereocenters. The van der Waals surface area contributed by atoms with Gasteiger partial charge in [0.15, 0.2) is 5.69 Å². The molecular weight excluding hydrogens is 304 g/mol. The lowest BCUT2D eigenvalue weighted by Gasteiger charge is -2.18. The van der Waals surface area contributed by atoms with E-state index in [0.717, 1.165) is 11.4 Å². The van der Waals surface area contributed by atoms with Crippen molar-refractivity contribution < 1.29 is 0 Å². The molecule has 0 saturated heterocycles. The molecule has 120 valence electrons. The number of aromatic amines is 1. The van der Waals surface area contributed by atoms with E-state index in [-0.39, 0.29) is 5.56 Å². The van der Waals surface area contributed by atoms with Crippen molar-refractivity contribution >= 4 is 17.2 Å². The maximum absolute atomic E-state index is 12.5. The van der Waals surface area contributed by atoms with Crippen LogP contribution in [0.2, 0.25) is 0 Å². The van der Waals surface area contributed by atoms with Crippen molar-refractivity contribution in [3.63, 3.8) is 0 Å². The Morgan fingerprint density at radius 2 is 1.46 bits per heavy atom. The van der Waals surface area contributed by atoms with Crippen LogP contribution in [0.5, 0.6) is 0 Å². The van der Waals surface area contributed by atoms with Crippen molar-refractivity contribution in [3.05, 3.63) is 81.5 Å². The van der Waals surface area contributed by atoms with Crippen LogP contribution in [0, 0.1) is 0 Å². The number of nitrogens with zero attached hydrogens (tertiary/aromatic N) is 3. The van der Waals surface area contributed by atoms with Gasteiger partial charge in [0.1, 0.15) is 5.82 Å². The van der Waals surface area contributed by atoms with Gasteiger partial charge in [0.05, 0.1) is 12.4 Å². The number of H-pyrrole nitrogens is 1. The van der Waals surface area contributed by atoms with Crippen molar-refractivity contribution in [2.45, 2.75) is 0 Å². The summed E-state index contributed by atoms with van der Waals surface area (Å²) in [6.45, 7) is 0.499. The van der Waals surface area contributed by atoms with E-state index in [9.17, 15) is 9.59 Å². The van der Waals surface area contributed by atoms with Crippen LogP contribution in [0.4, 0.5) is 17.2 Å². The quantitative estimate of drug-likeness (QED) is 0.785. The normalized spacial score (nSPS) is 13.2. The molecule has 0 atom stereocenters. The highest BCUT2D eigenvalue weighted by Crippen LogP contribution is 2.36. The molecule has 3 aromatic rings. The molecule has 6 nitrogen and oxygen atoms in total. The largest absolute Gasteiger partial charge is 0.341 e. The molecule has 1 aliphatic heterocycles. The molecule has 0 amide bonds. The third-order valence-corrected chi connectivity index (χ3v) is 4.13. The van der Waals surface area contributed by atoms with E-state index in [1.807, 2.05) is 77.5 Å². The van der Waals surface area contributed by atoms with Crippen molar-refractivity contribution in [1.29, 1.82) is 0 Å². The number of fused-ring (bicyclic) bond motifs is 1. The van der Waals surface area contributed by atoms with Gasteiger partial charge in [-0.25, -0.2) is 9.36 Å². The number of hydrogen-bond donors (Lipinski definition) is 1. The highest BCUT2D eigenvalue weighted by molar-refractivity contribution is 5.80. The topological polar surface area (TPSA) is 61.3 Å². The summed E-state index contributed by atoms with van der Waals surface area (Å²) in [6.07, 6.45) is 0. The van der Waals surface area contributed by atoms with Crippen molar-refractivity contribution in [3.8, 4) is 5.69 Å². The van der Waals surface area contributed by atoms with Gasteiger partial charge in [-0.05, 0) is 24.3 Å². The number of anilines is 3. The first-order chi connectivity index (χ1) is 11.7. The summed E-state index contributed by atoms with van der Waals surface area (Å²) in [5.41, 5.74) is 1.29. The van der Waals surface area contributed by atoms with Crippen molar-refractivity contribution in [2.75, 3.05) is 23.5 Å². The predicted molar refractivity (Wildman–Crippen MR) is 94.5 cm³/mol.